The van der Waals surface area contributed by atoms with E-state index >= 15 is 0 Å². The third-order valence-corrected chi connectivity index (χ3v) is 2.52. The maximum absolute atomic E-state index is 13.7. The van der Waals surface area contributed by atoms with Gasteiger partial charge < -0.3 is 10.4 Å². The van der Waals surface area contributed by atoms with Crippen molar-refractivity contribution in [2.45, 2.75) is 26.8 Å². The van der Waals surface area contributed by atoms with Gasteiger partial charge in [-0.3, -0.25) is 0 Å². The van der Waals surface area contributed by atoms with Crippen LogP contribution in [0.15, 0.2) is 12.1 Å². The fourth-order valence-electron chi connectivity index (χ4n) is 1.46. The lowest BCUT2D eigenvalue weighted by molar-refractivity contribution is -0.138. The van der Waals surface area contributed by atoms with Gasteiger partial charge in [0.05, 0.1) is 0 Å². The highest BCUT2D eigenvalue weighted by molar-refractivity contribution is 5.77. The average molecular weight is 243 g/mol. The molecule has 0 fully saturated rings. The Labute approximate surface area is 98.5 Å². The molecule has 1 aromatic rings. The number of carboxylic acids is 1. The second-order valence-electron chi connectivity index (χ2n) is 4.26. The topological polar surface area (TPSA) is 49.3 Å². The molecule has 1 rings (SSSR count). The van der Waals surface area contributed by atoms with E-state index < -0.39 is 23.6 Å². The van der Waals surface area contributed by atoms with E-state index in [4.69, 9.17) is 5.11 Å². The van der Waals surface area contributed by atoms with E-state index in [1.807, 2.05) is 0 Å². The lowest BCUT2D eigenvalue weighted by Gasteiger charge is -2.20. The Morgan fingerprint density at radius 3 is 2.41 bits per heavy atom. The Hall–Kier alpha value is -1.65. The number of carbonyl (C=O) groups is 1. The lowest BCUT2D eigenvalue weighted by atomic mass is 10.0. The predicted molar refractivity (Wildman–Crippen MR) is 61.0 cm³/mol. The zero-order valence-electron chi connectivity index (χ0n) is 9.92. The SMILES string of the molecule is Cc1ccc(F)c(NC(C(=O)O)C(C)C)c1F. The van der Waals surface area contributed by atoms with Crippen molar-refractivity contribution in [3.63, 3.8) is 0 Å². The molecule has 0 amide bonds. The van der Waals surface area contributed by atoms with Crippen LogP contribution in [0, 0.1) is 24.5 Å². The van der Waals surface area contributed by atoms with Crippen LogP contribution in [-0.2, 0) is 4.79 Å². The van der Waals surface area contributed by atoms with Crippen LogP contribution in [0.2, 0.25) is 0 Å². The smallest absolute Gasteiger partial charge is 0.326 e. The van der Waals surface area contributed by atoms with Crippen molar-refractivity contribution in [1.29, 1.82) is 0 Å². The molecular formula is C12H15F2NO2. The number of rotatable bonds is 4. The maximum Gasteiger partial charge on any atom is 0.326 e. The summed E-state index contributed by atoms with van der Waals surface area (Å²) in [6, 6.07) is 1.39. The van der Waals surface area contributed by atoms with Crippen molar-refractivity contribution in [3.8, 4) is 0 Å². The van der Waals surface area contributed by atoms with Crippen molar-refractivity contribution in [2.24, 2.45) is 5.92 Å². The van der Waals surface area contributed by atoms with Gasteiger partial charge in [-0.15, -0.1) is 0 Å². The van der Waals surface area contributed by atoms with Crippen molar-refractivity contribution in [2.75, 3.05) is 5.32 Å². The fourth-order valence-corrected chi connectivity index (χ4v) is 1.46. The van der Waals surface area contributed by atoms with Gasteiger partial charge in [0.25, 0.3) is 0 Å². The second kappa shape index (κ2) is 5.12. The molecule has 1 unspecified atom stereocenters. The highest BCUT2D eigenvalue weighted by atomic mass is 19.1. The quantitative estimate of drug-likeness (QED) is 0.854. The zero-order valence-corrected chi connectivity index (χ0v) is 9.92. The Morgan fingerprint density at radius 1 is 1.35 bits per heavy atom. The zero-order chi connectivity index (χ0) is 13.2. The van der Waals surface area contributed by atoms with E-state index in [2.05, 4.69) is 5.32 Å². The monoisotopic (exact) mass is 243 g/mol. The van der Waals surface area contributed by atoms with E-state index in [1.165, 1.54) is 13.0 Å². The molecule has 0 spiro atoms. The van der Waals surface area contributed by atoms with Crippen LogP contribution in [0.1, 0.15) is 19.4 Å². The Kier molecular flexibility index (Phi) is 4.04. The van der Waals surface area contributed by atoms with E-state index in [0.29, 0.717) is 0 Å². The summed E-state index contributed by atoms with van der Waals surface area (Å²) in [5.74, 6) is -2.97. The molecule has 0 aromatic heterocycles. The van der Waals surface area contributed by atoms with Crippen LogP contribution < -0.4 is 5.32 Å². The van der Waals surface area contributed by atoms with E-state index in [-0.39, 0.29) is 17.2 Å². The first-order valence-electron chi connectivity index (χ1n) is 5.28. The van der Waals surface area contributed by atoms with Gasteiger partial charge in [-0.25, -0.2) is 13.6 Å². The normalized spacial score (nSPS) is 12.6. The molecule has 3 nitrogen and oxygen atoms in total. The van der Waals surface area contributed by atoms with Gasteiger partial charge in [0.2, 0.25) is 0 Å². The predicted octanol–water partition coefficient (Wildman–Crippen LogP) is 2.79. The first-order chi connectivity index (χ1) is 7.84. The van der Waals surface area contributed by atoms with Gasteiger partial charge in [0.15, 0.2) is 5.82 Å². The first kappa shape index (κ1) is 13.4. The van der Waals surface area contributed by atoms with Crippen LogP contribution in [-0.4, -0.2) is 17.1 Å². The van der Waals surface area contributed by atoms with E-state index in [1.54, 1.807) is 13.8 Å². The van der Waals surface area contributed by atoms with Gasteiger partial charge in [-0.2, -0.15) is 0 Å². The molecule has 0 radical (unpaired) electrons. The summed E-state index contributed by atoms with van der Waals surface area (Å²) in [5, 5.41) is 11.4. The number of aryl methyl sites for hydroxylation is 1. The Balaban J connectivity index is 3.09. The number of hydrogen-bond acceptors (Lipinski definition) is 2. The second-order valence-corrected chi connectivity index (χ2v) is 4.26. The molecule has 0 aliphatic carbocycles. The Bertz CT molecular complexity index is 433. The number of carboxylic acid groups (broad SMARTS) is 1. The highest BCUT2D eigenvalue weighted by Crippen LogP contribution is 2.23. The van der Waals surface area contributed by atoms with Crippen molar-refractivity contribution in [3.05, 3.63) is 29.3 Å². The molecule has 0 saturated heterocycles. The molecule has 0 aliphatic rings. The molecule has 1 atom stereocenters. The summed E-state index contributed by atoms with van der Waals surface area (Å²) in [6.07, 6.45) is 0. The largest absolute Gasteiger partial charge is 0.480 e. The summed E-state index contributed by atoms with van der Waals surface area (Å²) >= 11 is 0. The average Bonchev–Trinajstić information content (AvgIpc) is 2.23. The van der Waals surface area contributed by atoms with Crippen molar-refractivity contribution in [1.82, 2.24) is 0 Å². The molecule has 94 valence electrons. The molecule has 0 heterocycles. The molecule has 0 bridgehead atoms. The standard InChI is InChI=1S/C12H15F2NO2/c1-6(2)10(12(16)17)15-11-8(13)5-4-7(3)9(11)14/h4-6,10,15H,1-3H3,(H,16,17). The van der Waals surface area contributed by atoms with Gasteiger partial charge in [0.1, 0.15) is 17.5 Å². The molecule has 0 aliphatic heterocycles. The number of nitrogens with one attached hydrogen (secondary N) is 1. The van der Waals surface area contributed by atoms with Crippen LogP contribution in [0.4, 0.5) is 14.5 Å². The number of benzene rings is 1. The fraction of sp³-hybridized carbons (Fsp3) is 0.417. The third kappa shape index (κ3) is 2.93. The molecular weight excluding hydrogens is 228 g/mol. The summed E-state index contributed by atoms with van der Waals surface area (Å²) in [6.45, 7) is 4.82. The van der Waals surface area contributed by atoms with Gasteiger partial charge in [-0.1, -0.05) is 19.9 Å². The van der Waals surface area contributed by atoms with Crippen LogP contribution in [0.3, 0.4) is 0 Å². The van der Waals surface area contributed by atoms with Gasteiger partial charge in [0, 0.05) is 0 Å². The maximum atomic E-state index is 13.7. The van der Waals surface area contributed by atoms with Gasteiger partial charge >= 0.3 is 5.97 Å². The summed E-state index contributed by atoms with van der Waals surface area (Å²) < 4.78 is 27.1. The van der Waals surface area contributed by atoms with Crippen LogP contribution in [0.5, 0.6) is 0 Å². The number of halogens is 2. The minimum Gasteiger partial charge on any atom is -0.480 e. The minimum atomic E-state index is -1.14. The number of anilines is 1. The van der Waals surface area contributed by atoms with Crippen molar-refractivity contribution >= 4 is 11.7 Å². The number of aliphatic carboxylic acids is 1. The van der Waals surface area contributed by atoms with Crippen LogP contribution >= 0.6 is 0 Å². The summed E-state index contributed by atoms with van der Waals surface area (Å²) in [4.78, 5) is 10.9. The summed E-state index contributed by atoms with van der Waals surface area (Å²) in [7, 11) is 0. The Morgan fingerprint density at radius 2 is 1.94 bits per heavy atom. The molecule has 0 saturated carbocycles. The minimum absolute atomic E-state index is 0.266. The molecule has 17 heavy (non-hydrogen) atoms. The first-order valence-corrected chi connectivity index (χ1v) is 5.28. The van der Waals surface area contributed by atoms with Crippen molar-refractivity contribution < 1.29 is 18.7 Å². The van der Waals surface area contributed by atoms with E-state index in [0.717, 1.165) is 6.07 Å². The molecule has 1 aromatic carbocycles. The van der Waals surface area contributed by atoms with Crippen LogP contribution in [0.25, 0.3) is 0 Å². The summed E-state index contributed by atoms with van der Waals surface area (Å²) in [5.41, 5.74) is -0.118. The third-order valence-electron chi connectivity index (χ3n) is 2.52. The highest BCUT2D eigenvalue weighted by Gasteiger charge is 2.24. The molecule has 2 N–H and O–H groups in total. The number of hydrogen-bond donors (Lipinski definition) is 2. The van der Waals surface area contributed by atoms with E-state index in [9.17, 15) is 13.6 Å². The lowest BCUT2D eigenvalue weighted by Crippen LogP contribution is -2.35. The molecule has 5 heteroatoms. The van der Waals surface area contributed by atoms with Gasteiger partial charge in [-0.05, 0) is 24.5 Å².